The second kappa shape index (κ2) is 9.25. The number of nitrogens with one attached hydrogen (secondary N) is 2. The summed E-state index contributed by atoms with van der Waals surface area (Å²) >= 11 is 0. The van der Waals surface area contributed by atoms with Crippen molar-refractivity contribution >= 4 is 38.1 Å². The number of aromatic carboxylic acids is 1. The Hall–Kier alpha value is -3.35. The molecule has 1 fully saturated rings. The maximum Gasteiger partial charge on any atom is 0.387 e. The summed E-state index contributed by atoms with van der Waals surface area (Å²) in [4.78, 5) is 15.6. The fourth-order valence-corrected chi connectivity index (χ4v) is 5.01. The predicted octanol–water partition coefficient (Wildman–Crippen LogP) is 3.00. The van der Waals surface area contributed by atoms with Crippen molar-refractivity contribution < 1.29 is 36.6 Å². The molecule has 9 nitrogen and oxygen atoms in total. The summed E-state index contributed by atoms with van der Waals surface area (Å²) in [6.45, 7) is -2.37. The number of ether oxygens (including phenoxy) is 2. The van der Waals surface area contributed by atoms with E-state index in [0.717, 1.165) is 6.20 Å². The number of para-hydroxylation sites is 1. The van der Waals surface area contributed by atoms with Crippen molar-refractivity contribution in [1.29, 1.82) is 0 Å². The first-order valence-corrected chi connectivity index (χ1v) is 11.3. The molecular weight excluding hydrogens is 460 g/mol. The van der Waals surface area contributed by atoms with E-state index >= 15 is 0 Å². The molecule has 0 spiro atoms. The Morgan fingerprint density at radius 1 is 1.27 bits per heavy atom. The highest BCUT2D eigenvalue weighted by Gasteiger charge is 2.33. The number of fused-ring (bicyclic) bond motifs is 1. The molecule has 3 N–H and O–H groups in total. The van der Waals surface area contributed by atoms with E-state index in [-0.39, 0.29) is 51.6 Å². The molecule has 3 aromatic rings. The number of carbonyl (C=O) groups is 1. The molecule has 1 aliphatic heterocycles. The molecule has 0 amide bonds. The SMILES string of the molecule is O=C(O)c1ccccc1Nc1c(S(=O)(=O)C2CNCCO2)cnc2ccc(OC(F)F)cc12. The minimum Gasteiger partial charge on any atom is -0.478 e. The van der Waals surface area contributed by atoms with Gasteiger partial charge in [0.05, 0.1) is 29.1 Å². The minimum absolute atomic E-state index is 0.0254. The van der Waals surface area contributed by atoms with Gasteiger partial charge in [0.15, 0.2) is 5.44 Å². The monoisotopic (exact) mass is 479 g/mol. The number of carboxylic acid groups (broad SMARTS) is 1. The van der Waals surface area contributed by atoms with Crippen molar-refractivity contribution in [3.8, 4) is 5.75 Å². The lowest BCUT2D eigenvalue weighted by atomic mass is 10.1. The van der Waals surface area contributed by atoms with Crippen LogP contribution in [0.15, 0.2) is 53.6 Å². The van der Waals surface area contributed by atoms with Gasteiger partial charge in [-0.15, -0.1) is 0 Å². The van der Waals surface area contributed by atoms with E-state index in [1.807, 2.05) is 0 Å². The van der Waals surface area contributed by atoms with E-state index in [1.165, 1.54) is 36.4 Å². The molecule has 0 radical (unpaired) electrons. The highest BCUT2D eigenvalue weighted by atomic mass is 32.2. The van der Waals surface area contributed by atoms with Gasteiger partial charge in [0.1, 0.15) is 10.6 Å². The lowest BCUT2D eigenvalue weighted by Gasteiger charge is -2.25. The Labute approximate surface area is 187 Å². The number of halogens is 2. The van der Waals surface area contributed by atoms with Crippen LogP contribution in [0.2, 0.25) is 0 Å². The zero-order valence-corrected chi connectivity index (χ0v) is 17.8. The van der Waals surface area contributed by atoms with E-state index < -0.39 is 27.9 Å². The predicted molar refractivity (Wildman–Crippen MR) is 115 cm³/mol. The zero-order chi connectivity index (χ0) is 23.6. The van der Waals surface area contributed by atoms with Crippen LogP contribution in [0.5, 0.6) is 5.75 Å². The zero-order valence-electron chi connectivity index (χ0n) is 17.0. The van der Waals surface area contributed by atoms with Gasteiger partial charge in [-0.1, -0.05) is 12.1 Å². The van der Waals surface area contributed by atoms with Crippen molar-refractivity contribution in [2.75, 3.05) is 25.0 Å². The first-order chi connectivity index (χ1) is 15.8. The van der Waals surface area contributed by atoms with Crippen LogP contribution in [-0.2, 0) is 14.6 Å². The molecule has 0 saturated carbocycles. The van der Waals surface area contributed by atoms with Gasteiger partial charge in [-0.05, 0) is 30.3 Å². The molecule has 0 aliphatic carbocycles. The molecule has 2 heterocycles. The van der Waals surface area contributed by atoms with Gasteiger partial charge in [0.25, 0.3) is 0 Å². The highest BCUT2D eigenvalue weighted by Crippen LogP contribution is 2.37. The Bertz CT molecular complexity index is 1300. The number of nitrogens with zero attached hydrogens (tertiary/aromatic N) is 1. The largest absolute Gasteiger partial charge is 0.478 e. The van der Waals surface area contributed by atoms with Crippen LogP contribution in [0.3, 0.4) is 0 Å². The smallest absolute Gasteiger partial charge is 0.387 e. The van der Waals surface area contributed by atoms with Crippen molar-refractivity contribution in [3.05, 3.63) is 54.2 Å². The average Bonchev–Trinajstić information content (AvgIpc) is 2.79. The number of benzene rings is 2. The summed E-state index contributed by atoms with van der Waals surface area (Å²) in [6.07, 6.45) is 1.13. The molecule has 1 saturated heterocycles. The molecule has 4 rings (SSSR count). The third kappa shape index (κ3) is 4.72. The van der Waals surface area contributed by atoms with E-state index in [0.29, 0.717) is 6.54 Å². The lowest BCUT2D eigenvalue weighted by molar-refractivity contribution is -0.0497. The van der Waals surface area contributed by atoms with Gasteiger partial charge < -0.3 is 25.2 Å². The summed E-state index contributed by atoms with van der Waals surface area (Å²) in [5, 5.41) is 15.5. The Morgan fingerprint density at radius 2 is 2.06 bits per heavy atom. The van der Waals surface area contributed by atoms with Gasteiger partial charge in [-0.3, -0.25) is 4.98 Å². The Kier molecular flexibility index (Phi) is 6.40. The summed E-state index contributed by atoms with van der Waals surface area (Å²) in [5.41, 5.74) is -0.949. The molecule has 33 heavy (non-hydrogen) atoms. The molecule has 2 aromatic carbocycles. The molecule has 1 aliphatic rings. The first kappa shape index (κ1) is 22.8. The van der Waals surface area contributed by atoms with Crippen molar-refractivity contribution in [2.24, 2.45) is 0 Å². The fourth-order valence-electron chi connectivity index (χ4n) is 3.47. The number of anilines is 2. The van der Waals surface area contributed by atoms with Gasteiger partial charge >= 0.3 is 12.6 Å². The number of hydrogen-bond donors (Lipinski definition) is 3. The number of hydrogen-bond acceptors (Lipinski definition) is 8. The molecule has 1 aromatic heterocycles. The first-order valence-electron chi connectivity index (χ1n) is 9.80. The standard InChI is InChI=1S/C21H19F2N3O6S/c22-21(23)32-12-5-6-15-14(9-12)19(26-16-4-2-1-3-13(16)20(27)28)17(10-25-15)33(29,30)18-11-24-7-8-31-18/h1-6,9-10,18,21,24H,7-8,11H2,(H,25,26)(H,27,28). The summed E-state index contributed by atoms with van der Waals surface area (Å²) < 4.78 is 62.3. The van der Waals surface area contributed by atoms with Gasteiger partial charge in [0.2, 0.25) is 9.84 Å². The number of pyridine rings is 1. The Morgan fingerprint density at radius 3 is 2.76 bits per heavy atom. The summed E-state index contributed by atoms with van der Waals surface area (Å²) in [6, 6.07) is 9.80. The van der Waals surface area contributed by atoms with Crippen molar-refractivity contribution in [1.82, 2.24) is 10.3 Å². The molecule has 0 bridgehead atoms. The maximum absolute atomic E-state index is 13.4. The van der Waals surface area contributed by atoms with Gasteiger partial charge in [-0.2, -0.15) is 8.78 Å². The van der Waals surface area contributed by atoms with Crippen molar-refractivity contribution in [2.45, 2.75) is 16.9 Å². The van der Waals surface area contributed by atoms with Crippen molar-refractivity contribution in [3.63, 3.8) is 0 Å². The molecular formula is C21H19F2N3O6S. The van der Waals surface area contributed by atoms with Crippen LogP contribution in [0.1, 0.15) is 10.4 Å². The summed E-state index contributed by atoms with van der Waals surface area (Å²) in [7, 11) is -4.12. The van der Waals surface area contributed by atoms with E-state index in [4.69, 9.17) is 4.74 Å². The highest BCUT2D eigenvalue weighted by molar-refractivity contribution is 7.92. The number of sulfone groups is 1. The van der Waals surface area contributed by atoms with Crippen LogP contribution < -0.4 is 15.4 Å². The van der Waals surface area contributed by atoms with E-state index in [2.05, 4.69) is 20.4 Å². The maximum atomic E-state index is 13.4. The van der Waals surface area contributed by atoms with E-state index in [1.54, 1.807) is 6.07 Å². The van der Waals surface area contributed by atoms with Crippen LogP contribution in [0.25, 0.3) is 10.9 Å². The number of morpholine rings is 1. The lowest BCUT2D eigenvalue weighted by Crippen LogP contribution is -2.43. The quantitative estimate of drug-likeness (QED) is 0.469. The molecule has 1 atom stereocenters. The second-order valence-corrected chi connectivity index (χ2v) is 9.14. The van der Waals surface area contributed by atoms with Crippen LogP contribution in [0.4, 0.5) is 20.2 Å². The number of aromatic nitrogens is 1. The Balaban J connectivity index is 1.93. The number of carboxylic acids is 1. The van der Waals surface area contributed by atoms with E-state index in [9.17, 15) is 27.1 Å². The number of alkyl halides is 2. The van der Waals surface area contributed by atoms with Crippen LogP contribution in [-0.4, -0.2) is 56.2 Å². The normalized spacial score (nSPS) is 16.6. The minimum atomic E-state index is -4.12. The third-order valence-corrected chi connectivity index (χ3v) is 6.91. The molecule has 174 valence electrons. The third-order valence-electron chi connectivity index (χ3n) is 4.99. The average molecular weight is 479 g/mol. The molecule has 12 heteroatoms. The topological polar surface area (TPSA) is 127 Å². The van der Waals surface area contributed by atoms with Crippen LogP contribution >= 0.6 is 0 Å². The van der Waals surface area contributed by atoms with Gasteiger partial charge in [-0.25, -0.2) is 13.2 Å². The fraction of sp³-hybridized carbons (Fsp3) is 0.238. The second-order valence-electron chi connectivity index (χ2n) is 7.08. The van der Waals surface area contributed by atoms with Crippen LogP contribution in [0, 0.1) is 0 Å². The summed E-state index contributed by atoms with van der Waals surface area (Å²) in [5.74, 6) is -1.44. The van der Waals surface area contributed by atoms with Gasteiger partial charge in [0, 0.05) is 24.7 Å². The number of rotatable bonds is 7. The molecule has 1 unspecified atom stereocenters.